The number of carbonyl (C=O) groups is 2. The van der Waals surface area contributed by atoms with Crippen LogP contribution in [-0.2, 0) is 0 Å². The zero-order valence-electron chi connectivity index (χ0n) is 23.8. The second kappa shape index (κ2) is 17.3. The number of carbonyl (C=O) groups excluding carboxylic acids is 2. The molecular formula is C38H28I3NO2. The molecule has 0 bridgehead atoms. The first-order valence-electron chi connectivity index (χ1n) is 13.7. The quantitative estimate of drug-likeness (QED) is 0.0984. The molecule has 0 radical (unpaired) electrons. The molecule has 6 aromatic rings. The van der Waals surface area contributed by atoms with Crippen molar-refractivity contribution >= 4 is 79.8 Å². The largest absolute Gasteiger partial charge is 0.298 e. The lowest BCUT2D eigenvalue weighted by Crippen LogP contribution is -1.92. The summed E-state index contributed by atoms with van der Waals surface area (Å²) in [7, 11) is 0. The van der Waals surface area contributed by atoms with Crippen LogP contribution in [-0.4, -0.2) is 17.1 Å². The summed E-state index contributed by atoms with van der Waals surface area (Å²) in [6.07, 6.45) is 0.833. The lowest BCUT2D eigenvalue weighted by Gasteiger charge is -2.11. The maximum atomic E-state index is 10.8. The summed E-state index contributed by atoms with van der Waals surface area (Å²) in [4.78, 5) is 25.8. The van der Waals surface area contributed by atoms with Gasteiger partial charge in [-0.1, -0.05) is 97.1 Å². The molecule has 0 N–H and O–H groups in total. The maximum absolute atomic E-state index is 10.8. The third kappa shape index (κ3) is 10.4. The Morgan fingerprint density at radius 1 is 0.523 bits per heavy atom. The highest BCUT2D eigenvalue weighted by molar-refractivity contribution is 14.1. The molecule has 44 heavy (non-hydrogen) atoms. The Hall–Kier alpha value is -3.22. The molecule has 0 saturated carbocycles. The number of rotatable bonds is 5. The number of hydrogen-bond acceptors (Lipinski definition) is 3. The number of benzene rings is 5. The van der Waals surface area contributed by atoms with Gasteiger partial charge in [-0.05, 0) is 134 Å². The zero-order valence-corrected chi connectivity index (χ0v) is 30.3. The second-order valence-electron chi connectivity index (χ2n) is 9.61. The van der Waals surface area contributed by atoms with Crippen LogP contribution in [0.25, 0.3) is 33.6 Å². The van der Waals surface area contributed by atoms with Crippen LogP contribution >= 0.6 is 67.8 Å². The fourth-order valence-electron chi connectivity index (χ4n) is 4.16. The molecule has 6 rings (SSSR count). The lowest BCUT2D eigenvalue weighted by molar-refractivity contribution is 0.101. The number of Topliss-reactive ketones (excluding diaryl/α,β-unsaturated/α-hetero) is 1. The number of hydrogen-bond donors (Lipinski definition) is 0. The van der Waals surface area contributed by atoms with Gasteiger partial charge in [-0.2, -0.15) is 0 Å². The number of pyridine rings is 1. The van der Waals surface area contributed by atoms with E-state index in [1.54, 1.807) is 19.1 Å². The van der Waals surface area contributed by atoms with Gasteiger partial charge in [0.15, 0.2) is 5.78 Å². The molecule has 0 aliphatic heterocycles. The first-order chi connectivity index (χ1) is 21.3. The molecule has 6 heteroatoms. The zero-order chi connectivity index (χ0) is 31.3. The van der Waals surface area contributed by atoms with Gasteiger partial charge in [0.25, 0.3) is 0 Å². The van der Waals surface area contributed by atoms with E-state index in [1.165, 1.54) is 18.3 Å². The van der Waals surface area contributed by atoms with Crippen LogP contribution in [0.4, 0.5) is 0 Å². The SMILES string of the molecule is CC(=O)c1cccc(I)c1.Ic1cccc(-c2cc(-c3ccccc3)cc(-c3cccc(I)c3)n2)c1.O=Cc1ccccc1. The predicted octanol–water partition coefficient (Wildman–Crippen LogP) is 11.3. The van der Waals surface area contributed by atoms with Gasteiger partial charge in [0.1, 0.15) is 6.29 Å². The summed E-state index contributed by atoms with van der Waals surface area (Å²) >= 11 is 6.88. The van der Waals surface area contributed by atoms with Crippen molar-refractivity contribution in [1.82, 2.24) is 4.98 Å². The van der Waals surface area contributed by atoms with Crippen molar-refractivity contribution in [3.05, 3.63) is 167 Å². The fraction of sp³-hybridized carbons (Fsp3) is 0.0263. The molecule has 0 unspecified atom stereocenters. The summed E-state index contributed by atoms with van der Waals surface area (Å²) < 4.78 is 3.52. The number of nitrogens with zero attached hydrogens (tertiary/aromatic N) is 1. The third-order valence-electron chi connectivity index (χ3n) is 6.34. The van der Waals surface area contributed by atoms with E-state index < -0.39 is 0 Å². The molecule has 1 heterocycles. The van der Waals surface area contributed by atoms with Crippen LogP contribution in [0.1, 0.15) is 27.6 Å². The van der Waals surface area contributed by atoms with Gasteiger partial charge >= 0.3 is 0 Å². The molecule has 0 aliphatic rings. The van der Waals surface area contributed by atoms with Crippen LogP contribution in [0.15, 0.2) is 146 Å². The standard InChI is InChI=1S/C23H15I2N.C8H7IO.C7H6O/c24-20-10-4-8-17(12-20)22-14-19(16-6-2-1-3-7-16)15-23(26-22)18-9-5-11-21(25)13-18;1-6(10)7-3-2-4-8(9)5-7;8-6-7-4-2-1-3-5-7/h1-15H;2-5H,1H3;1-6H. The Morgan fingerprint density at radius 2 is 0.977 bits per heavy atom. The van der Waals surface area contributed by atoms with E-state index in [2.05, 4.69) is 153 Å². The van der Waals surface area contributed by atoms with Gasteiger partial charge in [0, 0.05) is 33.0 Å². The molecule has 1 aromatic heterocycles. The highest BCUT2D eigenvalue weighted by Gasteiger charge is 2.09. The third-order valence-corrected chi connectivity index (χ3v) is 8.35. The van der Waals surface area contributed by atoms with Crippen molar-refractivity contribution in [2.75, 3.05) is 0 Å². The van der Waals surface area contributed by atoms with Gasteiger partial charge in [-0.25, -0.2) is 4.98 Å². The van der Waals surface area contributed by atoms with Crippen molar-refractivity contribution in [3.8, 4) is 33.6 Å². The fourth-order valence-corrected chi connectivity index (χ4v) is 5.79. The highest BCUT2D eigenvalue weighted by atomic mass is 127. The van der Waals surface area contributed by atoms with Crippen molar-refractivity contribution < 1.29 is 9.59 Å². The van der Waals surface area contributed by atoms with E-state index in [0.29, 0.717) is 0 Å². The van der Waals surface area contributed by atoms with Gasteiger partial charge < -0.3 is 0 Å². The molecular weight excluding hydrogens is 883 g/mol. The van der Waals surface area contributed by atoms with Crippen LogP contribution in [0.3, 0.4) is 0 Å². The molecule has 0 amide bonds. The van der Waals surface area contributed by atoms with E-state index >= 15 is 0 Å². The molecule has 3 nitrogen and oxygen atoms in total. The van der Waals surface area contributed by atoms with Gasteiger partial charge in [-0.15, -0.1) is 0 Å². The maximum Gasteiger partial charge on any atom is 0.159 e. The normalized spacial score (nSPS) is 10.0. The topological polar surface area (TPSA) is 47.0 Å². The van der Waals surface area contributed by atoms with E-state index in [9.17, 15) is 9.59 Å². The Morgan fingerprint density at radius 3 is 1.39 bits per heavy atom. The van der Waals surface area contributed by atoms with E-state index in [0.717, 1.165) is 43.5 Å². The summed E-state index contributed by atoms with van der Waals surface area (Å²) in [6.45, 7) is 1.57. The monoisotopic (exact) mass is 911 g/mol. The minimum atomic E-state index is 0.124. The van der Waals surface area contributed by atoms with Crippen LogP contribution in [0.2, 0.25) is 0 Å². The Bertz CT molecular complexity index is 1780. The molecule has 218 valence electrons. The van der Waals surface area contributed by atoms with Gasteiger partial charge in [-0.3, -0.25) is 9.59 Å². The van der Waals surface area contributed by atoms with Gasteiger partial charge in [0.05, 0.1) is 11.4 Å². The Balaban J connectivity index is 0.000000200. The van der Waals surface area contributed by atoms with Crippen molar-refractivity contribution in [2.24, 2.45) is 0 Å². The number of aromatic nitrogens is 1. The average molecular weight is 911 g/mol. The predicted molar refractivity (Wildman–Crippen MR) is 207 cm³/mol. The molecule has 0 aliphatic carbocycles. The smallest absolute Gasteiger partial charge is 0.159 e. The second-order valence-corrected chi connectivity index (χ2v) is 13.3. The van der Waals surface area contributed by atoms with Crippen molar-refractivity contribution in [3.63, 3.8) is 0 Å². The van der Waals surface area contributed by atoms with Crippen LogP contribution in [0, 0.1) is 10.7 Å². The number of aldehydes is 1. The lowest BCUT2D eigenvalue weighted by atomic mass is 10.00. The summed E-state index contributed by atoms with van der Waals surface area (Å²) in [5.74, 6) is 0.124. The van der Waals surface area contributed by atoms with Crippen LogP contribution < -0.4 is 0 Å². The first kappa shape index (κ1) is 33.7. The summed E-state index contributed by atoms with van der Waals surface area (Å²) in [6, 6.07) is 48.5. The molecule has 0 fully saturated rings. The van der Waals surface area contributed by atoms with E-state index in [1.807, 2.05) is 48.5 Å². The molecule has 0 saturated heterocycles. The van der Waals surface area contributed by atoms with Crippen LogP contribution in [0.5, 0.6) is 0 Å². The molecule has 0 spiro atoms. The number of ketones is 1. The summed E-state index contributed by atoms with van der Waals surface area (Å²) in [5, 5.41) is 0. The Kier molecular flexibility index (Phi) is 13.2. The van der Waals surface area contributed by atoms with Gasteiger partial charge in [0.2, 0.25) is 0 Å². The van der Waals surface area contributed by atoms with E-state index in [4.69, 9.17) is 4.98 Å². The summed E-state index contributed by atoms with van der Waals surface area (Å²) in [5.41, 5.74) is 8.18. The number of halogens is 3. The average Bonchev–Trinajstić information content (AvgIpc) is 3.06. The van der Waals surface area contributed by atoms with Crippen molar-refractivity contribution in [1.29, 1.82) is 0 Å². The molecule has 5 aromatic carbocycles. The van der Waals surface area contributed by atoms with Crippen molar-refractivity contribution in [2.45, 2.75) is 6.92 Å². The minimum Gasteiger partial charge on any atom is -0.298 e. The first-order valence-corrected chi connectivity index (χ1v) is 16.9. The molecule has 0 atom stereocenters. The minimum absolute atomic E-state index is 0.124. The Labute approximate surface area is 299 Å². The van der Waals surface area contributed by atoms with E-state index in [-0.39, 0.29) is 5.78 Å². The highest BCUT2D eigenvalue weighted by Crippen LogP contribution is 2.31.